The molecule has 1 aliphatic rings. The lowest BCUT2D eigenvalue weighted by Gasteiger charge is -2.12. The Bertz CT molecular complexity index is 3010. The second kappa shape index (κ2) is 11.7. The fourth-order valence-electron chi connectivity index (χ4n) is 8.23. The van der Waals surface area contributed by atoms with Gasteiger partial charge in [0.15, 0.2) is 5.82 Å². The zero-order valence-electron chi connectivity index (χ0n) is 28.6. The summed E-state index contributed by atoms with van der Waals surface area (Å²) in [4.78, 5) is 14.3. The largest absolute Gasteiger partial charge is 0.309 e. The third-order valence-corrected chi connectivity index (χ3v) is 10.7. The minimum Gasteiger partial charge on any atom is -0.309 e. The van der Waals surface area contributed by atoms with Crippen LogP contribution in [0.4, 0.5) is 0 Å². The van der Waals surface area contributed by atoms with Gasteiger partial charge in [0.2, 0.25) is 0 Å². The van der Waals surface area contributed by atoms with E-state index in [9.17, 15) is 0 Å². The molecule has 4 nitrogen and oxygen atoms in total. The van der Waals surface area contributed by atoms with E-state index in [2.05, 4.69) is 149 Å². The number of hydrogen-bond donors (Lipinski definition) is 0. The lowest BCUT2D eigenvalue weighted by Crippen LogP contribution is -1.97. The maximum atomic E-state index is 5.11. The summed E-state index contributed by atoms with van der Waals surface area (Å²) < 4.78 is 2.41. The van der Waals surface area contributed by atoms with Gasteiger partial charge in [0.25, 0.3) is 0 Å². The van der Waals surface area contributed by atoms with Crippen LogP contribution in [-0.2, 0) is 0 Å². The Kier molecular flexibility index (Phi) is 6.52. The highest BCUT2D eigenvalue weighted by molar-refractivity contribution is 6.26. The summed E-state index contributed by atoms with van der Waals surface area (Å²) in [6.07, 6.45) is 3.65. The zero-order valence-corrected chi connectivity index (χ0v) is 28.6. The smallest absolute Gasteiger partial charge is 0.160 e. The third kappa shape index (κ3) is 4.66. The molecule has 0 radical (unpaired) electrons. The minimum atomic E-state index is 0.702. The number of benzene rings is 7. The first kappa shape index (κ1) is 29.5. The number of aromatic nitrogens is 4. The Morgan fingerprint density at radius 3 is 1.79 bits per heavy atom. The molecule has 0 unspecified atom stereocenters. The van der Waals surface area contributed by atoms with Gasteiger partial charge in [-0.3, -0.25) is 4.98 Å². The fraction of sp³-hybridized carbons (Fsp3) is 0. The Morgan fingerprint density at radius 2 is 1.04 bits per heavy atom. The molecule has 11 rings (SSSR count). The van der Waals surface area contributed by atoms with Crippen molar-refractivity contribution in [2.45, 2.75) is 0 Å². The van der Waals surface area contributed by atoms with Crippen LogP contribution in [0.25, 0.3) is 106 Å². The second-order valence-electron chi connectivity index (χ2n) is 13.6. The molecule has 0 N–H and O–H groups in total. The van der Waals surface area contributed by atoms with E-state index in [4.69, 9.17) is 9.97 Å². The number of fused-ring (bicyclic) bond motifs is 7. The molecule has 0 spiro atoms. The highest BCUT2D eigenvalue weighted by Crippen LogP contribution is 2.52. The molecular weight excluding hydrogens is 645 g/mol. The van der Waals surface area contributed by atoms with Crippen LogP contribution in [-0.4, -0.2) is 19.5 Å². The van der Waals surface area contributed by atoms with Gasteiger partial charge in [0.1, 0.15) is 0 Å². The first-order chi connectivity index (χ1) is 26.3. The lowest BCUT2D eigenvalue weighted by atomic mass is 9.98. The molecule has 53 heavy (non-hydrogen) atoms. The van der Waals surface area contributed by atoms with Crippen LogP contribution in [0.1, 0.15) is 0 Å². The summed E-state index contributed by atoms with van der Waals surface area (Å²) in [5.41, 5.74) is 15.9. The molecule has 0 saturated carbocycles. The van der Waals surface area contributed by atoms with Gasteiger partial charge in [0, 0.05) is 51.1 Å². The molecule has 3 aromatic heterocycles. The SMILES string of the molecule is c1ccc(-c2nc(-c3ccc(-c4ccncc4)cc3)cc(-c3ccc(-n4c5ccccc5c5c6c(ccc54)-c4cccc5cccc-6c45)cc3)n2)cc1. The minimum absolute atomic E-state index is 0.702. The highest BCUT2D eigenvalue weighted by Gasteiger charge is 2.26. The van der Waals surface area contributed by atoms with Crippen LogP contribution >= 0.6 is 0 Å². The average Bonchev–Trinajstić information content (AvgIpc) is 3.75. The normalized spacial score (nSPS) is 11.8. The zero-order chi connectivity index (χ0) is 34.9. The van der Waals surface area contributed by atoms with Crippen LogP contribution < -0.4 is 0 Å². The van der Waals surface area contributed by atoms with Crippen LogP contribution in [0.5, 0.6) is 0 Å². The maximum absolute atomic E-state index is 5.11. The van der Waals surface area contributed by atoms with E-state index < -0.39 is 0 Å². The lowest BCUT2D eigenvalue weighted by molar-refractivity contribution is 1.17. The van der Waals surface area contributed by atoms with Crippen molar-refractivity contribution < 1.29 is 0 Å². The van der Waals surface area contributed by atoms with Gasteiger partial charge in [-0.2, -0.15) is 0 Å². The summed E-state index contributed by atoms with van der Waals surface area (Å²) in [5, 5.41) is 5.20. The van der Waals surface area contributed by atoms with Crippen LogP contribution in [0.2, 0.25) is 0 Å². The standard InChI is InChI=1S/C49H30N4/c1-2-8-36(9-3-1)49-51-42(33-18-16-31(17-19-33)32-26-28-50-29-27-32)30-43(52-49)34-20-22-37(23-21-34)53-44-15-5-4-12-40(44)48-45(53)25-24-39-38-13-6-10-35-11-7-14-41(46(35)38)47(39)48/h1-30H. The summed E-state index contributed by atoms with van der Waals surface area (Å²) >= 11 is 0. The van der Waals surface area contributed by atoms with Gasteiger partial charge in [-0.15, -0.1) is 0 Å². The summed E-state index contributed by atoms with van der Waals surface area (Å²) in [7, 11) is 0. The molecule has 4 heteroatoms. The van der Waals surface area contributed by atoms with E-state index >= 15 is 0 Å². The number of rotatable bonds is 5. The van der Waals surface area contributed by atoms with E-state index in [1.165, 1.54) is 54.8 Å². The van der Waals surface area contributed by atoms with Crippen molar-refractivity contribution in [3.8, 4) is 73.0 Å². The predicted molar refractivity (Wildman–Crippen MR) is 218 cm³/mol. The van der Waals surface area contributed by atoms with E-state index in [1.807, 2.05) is 42.7 Å². The first-order valence-electron chi connectivity index (χ1n) is 17.9. The molecular formula is C49H30N4. The van der Waals surface area contributed by atoms with E-state index in [0.29, 0.717) is 5.82 Å². The molecule has 0 amide bonds. The Labute approximate surface area is 306 Å². The monoisotopic (exact) mass is 674 g/mol. The molecule has 3 heterocycles. The van der Waals surface area contributed by atoms with Gasteiger partial charge in [-0.1, -0.05) is 127 Å². The third-order valence-electron chi connectivity index (χ3n) is 10.7. The summed E-state index contributed by atoms with van der Waals surface area (Å²) in [6.45, 7) is 0. The Hall–Kier alpha value is -7.17. The number of pyridine rings is 1. The maximum Gasteiger partial charge on any atom is 0.160 e. The van der Waals surface area contributed by atoms with Crippen molar-refractivity contribution in [3.05, 3.63) is 182 Å². The van der Waals surface area contributed by atoms with Crippen molar-refractivity contribution >= 4 is 32.6 Å². The molecule has 0 aliphatic heterocycles. The van der Waals surface area contributed by atoms with Crippen molar-refractivity contribution in [1.29, 1.82) is 0 Å². The quantitative estimate of drug-likeness (QED) is 0.182. The van der Waals surface area contributed by atoms with Crippen LogP contribution in [0.3, 0.4) is 0 Å². The van der Waals surface area contributed by atoms with Crippen LogP contribution in [0.15, 0.2) is 182 Å². The molecule has 0 saturated heterocycles. The van der Waals surface area contributed by atoms with E-state index in [1.54, 1.807) is 0 Å². The van der Waals surface area contributed by atoms with Crippen LogP contribution in [0, 0.1) is 0 Å². The molecule has 1 aliphatic carbocycles. The number of para-hydroxylation sites is 1. The van der Waals surface area contributed by atoms with E-state index in [-0.39, 0.29) is 0 Å². The number of nitrogens with zero attached hydrogens (tertiary/aromatic N) is 4. The molecule has 0 atom stereocenters. The molecule has 7 aromatic carbocycles. The molecule has 0 fully saturated rings. The van der Waals surface area contributed by atoms with Crippen molar-refractivity contribution in [2.24, 2.45) is 0 Å². The Balaban J connectivity index is 1.04. The van der Waals surface area contributed by atoms with E-state index in [0.717, 1.165) is 44.9 Å². The van der Waals surface area contributed by atoms with Gasteiger partial charge in [-0.25, -0.2) is 9.97 Å². The van der Waals surface area contributed by atoms with Gasteiger partial charge >= 0.3 is 0 Å². The molecule has 0 bridgehead atoms. The van der Waals surface area contributed by atoms with Crippen molar-refractivity contribution in [1.82, 2.24) is 19.5 Å². The van der Waals surface area contributed by atoms with Crippen molar-refractivity contribution in [3.63, 3.8) is 0 Å². The fourth-order valence-corrected chi connectivity index (χ4v) is 8.23. The molecule has 10 aromatic rings. The van der Waals surface area contributed by atoms with Gasteiger partial charge < -0.3 is 4.57 Å². The summed E-state index contributed by atoms with van der Waals surface area (Å²) in [5.74, 6) is 0.702. The first-order valence-corrected chi connectivity index (χ1v) is 17.9. The number of hydrogen-bond acceptors (Lipinski definition) is 3. The topological polar surface area (TPSA) is 43.6 Å². The van der Waals surface area contributed by atoms with Gasteiger partial charge in [0.05, 0.1) is 22.4 Å². The molecule has 246 valence electrons. The Morgan fingerprint density at radius 1 is 0.396 bits per heavy atom. The summed E-state index contributed by atoms with van der Waals surface area (Å²) in [6, 6.07) is 60.5. The second-order valence-corrected chi connectivity index (χ2v) is 13.6. The predicted octanol–water partition coefficient (Wildman–Crippen LogP) is 12.4. The highest BCUT2D eigenvalue weighted by atomic mass is 15.0. The van der Waals surface area contributed by atoms with Crippen molar-refractivity contribution in [2.75, 3.05) is 0 Å². The average molecular weight is 675 g/mol. The van der Waals surface area contributed by atoms with Gasteiger partial charge in [-0.05, 0) is 81.1 Å².